The van der Waals surface area contributed by atoms with E-state index in [1.165, 1.54) is 3.97 Å². The molecule has 0 saturated carbocycles. The molecule has 0 atom stereocenters. The fraction of sp³-hybridized carbons (Fsp3) is 0.417. The molecule has 6 heteroatoms. The minimum atomic E-state index is -3.71. The lowest BCUT2D eigenvalue weighted by atomic mass is 10.1. The number of benzene rings is 2. The Hall–Kier alpha value is -1.89. The molecule has 0 bridgehead atoms. The molecular formula is C24H33NO3SSi. The van der Waals surface area contributed by atoms with Gasteiger partial charge in [-0.15, -0.1) is 0 Å². The van der Waals surface area contributed by atoms with Gasteiger partial charge >= 0.3 is 0 Å². The molecule has 4 nitrogen and oxygen atoms in total. The van der Waals surface area contributed by atoms with Crippen LogP contribution in [-0.2, 0) is 20.9 Å². The lowest BCUT2D eigenvalue weighted by Crippen LogP contribution is -2.41. The van der Waals surface area contributed by atoms with Gasteiger partial charge in [0.2, 0.25) is 0 Å². The average molecular weight is 444 g/mol. The number of aryl methyl sites for hydroxylation is 2. The van der Waals surface area contributed by atoms with E-state index >= 15 is 0 Å². The summed E-state index contributed by atoms with van der Waals surface area (Å²) in [6, 6.07) is 14.8. The van der Waals surface area contributed by atoms with E-state index in [2.05, 4.69) is 33.9 Å². The van der Waals surface area contributed by atoms with Crippen molar-refractivity contribution in [1.82, 2.24) is 3.97 Å². The second kappa shape index (κ2) is 7.98. The highest BCUT2D eigenvalue weighted by Crippen LogP contribution is 2.37. The van der Waals surface area contributed by atoms with Gasteiger partial charge in [0, 0.05) is 24.1 Å². The van der Waals surface area contributed by atoms with E-state index in [4.69, 9.17) is 4.43 Å². The number of rotatable bonds is 6. The molecule has 0 fully saturated rings. The molecule has 0 aliphatic heterocycles. The van der Waals surface area contributed by atoms with E-state index in [-0.39, 0.29) is 5.04 Å². The second-order valence-electron chi connectivity index (χ2n) is 9.53. The summed E-state index contributed by atoms with van der Waals surface area (Å²) >= 11 is 0. The van der Waals surface area contributed by atoms with Crippen molar-refractivity contribution >= 4 is 29.2 Å². The van der Waals surface area contributed by atoms with Crippen LogP contribution in [0.2, 0.25) is 18.1 Å². The van der Waals surface area contributed by atoms with Crippen LogP contribution in [0, 0.1) is 13.8 Å². The molecule has 0 N–H and O–H groups in total. The Kier molecular flexibility index (Phi) is 6.06. The Morgan fingerprint density at radius 1 is 0.967 bits per heavy atom. The summed E-state index contributed by atoms with van der Waals surface area (Å²) in [4.78, 5) is 0.306. The van der Waals surface area contributed by atoms with Crippen molar-refractivity contribution in [2.45, 2.75) is 64.1 Å². The third kappa shape index (κ3) is 4.13. The van der Waals surface area contributed by atoms with E-state index in [0.717, 1.165) is 27.7 Å². The van der Waals surface area contributed by atoms with E-state index in [0.29, 0.717) is 17.9 Å². The maximum Gasteiger partial charge on any atom is 0.268 e. The summed E-state index contributed by atoms with van der Waals surface area (Å²) in [6.45, 7) is 15.5. The van der Waals surface area contributed by atoms with Crippen molar-refractivity contribution < 1.29 is 12.8 Å². The van der Waals surface area contributed by atoms with Crippen LogP contribution in [0.3, 0.4) is 0 Å². The van der Waals surface area contributed by atoms with Crippen molar-refractivity contribution in [3.8, 4) is 0 Å². The fourth-order valence-corrected chi connectivity index (χ4v) is 6.09. The zero-order chi connectivity index (χ0) is 22.3. The number of para-hydroxylation sites is 1. The van der Waals surface area contributed by atoms with Gasteiger partial charge in [0.25, 0.3) is 10.0 Å². The Labute approximate surface area is 182 Å². The van der Waals surface area contributed by atoms with Crippen molar-refractivity contribution in [3.05, 3.63) is 65.4 Å². The first-order chi connectivity index (χ1) is 13.9. The Morgan fingerprint density at radius 3 is 2.17 bits per heavy atom. The largest absolute Gasteiger partial charge is 0.416 e. The number of aromatic nitrogens is 1. The van der Waals surface area contributed by atoms with Gasteiger partial charge in [-0.3, -0.25) is 0 Å². The molecule has 3 rings (SSSR count). The van der Waals surface area contributed by atoms with Gasteiger partial charge in [0.1, 0.15) is 0 Å². The molecule has 0 aliphatic carbocycles. The molecule has 1 heterocycles. The van der Waals surface area contributed by atoms with E-state index in [1.54, 1.807) is 12.1 Å². The zero-order valence-electron chi connectivity index (χ0n) is 19.1. The topological polar surface area (TPSA) is 48.3 Å². The molecule has 0 unspecified atom stereocenters. The lowest BCUT2D eigenvalue weighted by molar-refractivity contribution is 0.290. The van der Waals surface area contributed by atoms with E-state index < -0.39 is 18.3 Å². The molecule has 162 valence electrons. The molecule has 0 aliphatic rings. The highest BCUT2D eigenvalue weighted by atomic mass is 32.2. The molecule has 1 aromatic heterocycles. The standard InChI is InChI=1S/C24H33NO3SSi/c1-18-12-14-20(15-13-18)29(26,27)25-22(16-17-28-30(6,7)24(3,4)5)19(2)21-10-8-9-11-23(21)25/h8-15H,16-17H2,1-7H3. The first kappa shape index (κ1) is 22.8. The molecular weight excluding hydrogens is 410 g/mol. The second-order valence-corrected chi connectivity index (χ2v) is 16.1. The third-order valence-corrected chi connectivity index (χ3v) is 12.7. The van der Waals surface area contributed by atoms with Gasteiger partial charge in [-0.2, -0.15) is 0 Å². The van der Waals surface area contributed by atoms with E-state index in [9.17, 15) is 8.42 Å². The number of hydrogen-bond acceptors (Lipinski definition) is 3. The number of nitrogens with zero attached hydrogens (tertiary/aromatic N) is 1. The summed E-state index contributed by atoms with van der Waals surface area (Å²) in [7, 11) is -5.62. The van der Waals surface area contributed by atoms with Gasteiger partial charge in [-0.25, -0.2) is 12.4 Å². The lowest BCUT2D eigenvalue weighted by Gasteiger charge is -2.36. The predicted molar refractivity (Wildman–Crippen MR) is 127 cm³/mol. The third-order valence-electron chi connectivity index (χ3n) is 6.37. The first-order valence-corrected chi connectivity index (χ1v) is 14.8. The minimum absolute atomic E-state index is 0.114. The zero-order valence-corrected chi connectivity index (χ0v) is 20.9. The highest BCUT2D eigenvalue weighted by molar-refractivity contribution is 7.90. The summed E-state index contributed by atoms with van der Waals surface area (Å²) in [5.41, 5.74) is 3.55. The van der Waals surface area contributed by atoms with Crippen LogP contribution in [0.5, 0.6) is 0 Å². The molecule has 0 saturated heterocycles. The SMILES string of the molecule is Cc1ccc(S(=O)(=O)n2c(CCO[Si](C)(C)C(C)(C)C)c(C)c3ccccc32)cc1. The molecule has 30 heavy (non-hydrogen) atoms. The summed E-state index contributed by atoms with van der Waals surface area (Å²) in [5, 5.41) is 1.08. The Balaban J connectivity index is 2.07. The number of hydrogen-bond donors (Lipinski definition) is 0. The van der Waals surface area contributed by atoms with E-state index in [1.807, 2.05) is 50.2 Å². The average Bonchev–Trinajstić information content (AvgIpc) is 2.94. The Morgan fingerprint density at radius 2 is 1.57 bits per heavy atom. The first-order valence-electron chi connectivity index (χ1n) is 10.4. The van der Waals surface area contributed by atoms with Crippen LogP contribution in [0.25, 0.3) is 10.9 Å². The summed E-state index contributed by atoms with van der Waals surface area (Å²) < 4.78 is 35.2. The van der Waals surface area contributed by atoms with Gasteiger partial charge in [-0.1, -0.05) is 56.7 Å². The van der Waals surface area contributed by atoms with Crippen LogP contribution in [0.15, 0.2) is 53.4 Å². The normalized spacial score (nSPS) is 13.2. The minimum Gasteiger partial charge on any atom is -0.416 e. The van der Waals surface area contributed by atoms with Gasteiger partial charge < -0.3 is 4.43 Å². The van der Waals surface area contributed by atoms with Crippen molar-refractivity contribution in [2.24, 2.45) is 0 Å². The van der Waals surface area contributed by atoms with Crippen molar-refractivity contribution in [3.63, 3.8) is 0 Å². The molecule has 0 spiro atoms. The maximum atomic E-state index is 13.6. The van der Waals surface area contributed by atoms with Gasteiger partial charge in [0.15, 0.2) is 8.32 Å². The van der Waals surface area contributed by atoms with Crippen molar-refractivity contribution in [2.75, 3.05) is 6.61 Å². The van der Waals surface area contributed by atoms with Crippen LogP contribution < -0.4 is 0 Å². The van der Waals surface area contributed by atoms with Crippen molar-refractivity contribution in [1.29, 1.82) is 0 Å². The summed E-state index contributed by atoms with van der Waals surface area (Å²) in [5.74, 6) is 0. The van der Waals surface area contributed by atoms with Gasteiger partial charge in [-0.05, 0) is 55.7 Å². The summed E-state index contributed by atoms with van der Waals surface area (Å²) in [6.07, 6.45) is 0.554. The molecule has 0 amide bonds. The van der Waals surface area contributed by atoms with Crippen LogP contribution in [0.4, 0.5) is 0 Å². The number of fused-ring (bicyclic) bond motifs is 1. The van der Waals surface area contributed by atoms with Gasteiger partial charge in [0.05, 0.1) is 10.4 Å². The molecule has 3 aromatic rings. The fourth-order valence-electron chi connectivity index (χ4n) is 3.42. The molecule has 0 radical (unpaired) electrons. The Bertz CT molecular complexity index is 1150. The monoisotopic (exact) mass is 443 g/mol. The maximum absolute atomic E-state index is 13.6. The van der Waals surface area contributed by atoms with Crippen LogP contribution in [0.1, 0.15) is 37.6 Å². The quantitative estimate of drug-likeness (QED) is 0.435. The molecule has 2 aromatic carbocycles. The predicted octanol–water partition coefficient (Wildman–Crippen LogP) is 6.06. The highest BCUT2D eigenvalue weighted by Gasteiger charge is 2.37. The smallest absolute Gasteiger partial charge is 0.268 e. The van der Waals surface area contributed by atoms with Crippen LogP contribution >= 0.6 is 0 Å². The van der Waals surface area contributed by atoms with Crippen LogP contribution in [-0.4, -0.2) is 27.3 Å².